The topological polar surface area (TPSA) is 60.9 Å². The van der Waals surface area contributed by atoms with E-state index in [9.17, 15) is 9.59 Å². The first kappa shape index (κ1) is 20.4. The van der Waals surface area contributed by atoms with Gasteiger partial charge in [0.15, 0.2) is 0 Å². The highest BCUT2D eigenvalue weighted by atomic mass is 32.2. The Morgan fingerprint density at radius 3 is 2.62 bits per heavy atom. The first-order valence-corrected chi connectivity index (χ1v) is 11.6. The van der Waals surface area contributed by atoms with E-state index in [1.807, 2.05) is 18.2 Å². The van der Waals surface area contributed by atoms with Gasteiger partial charge in [-0.15, -0.1) is 0 Å². The second-order valence-electron chi connectivity index (χ2n) is 8.11. The van der Waals surface area contributed by atoms with Crippen molar-refractivity contribution < 1.29 is 14.7 Å². The van der Waals surface area contributed by atoms with Crippen molar-refractivity contribution in [1.82, 2.24) is 4.90 Å². The van der Waals surface area contributed by atoms with Crippen molar-refractivity contribution >= 4 is 51.9 Å². The Morgan fingerprint density at radius 1 is 1.17 bits per heavy atom. The molecule has 3 aliphatic rings. The van der Waals surface area contributed by atoms with Gasteiger partial charge in [0.1, 0.15) is 4.32 Å². The summed E-state index contributed by atoms with van der Waals surface area (Å²) in [7, 11) is 0. The highest BCUT2D eigenvalue weighted by Gasteiger charge is 2.32. The number of piperidine rings is 1. The molecule has 1 aliphatic carbocycles. The molecule has 0 spiro atoms. The zero-order valence-electron chi connectivity index (χ0n) is 16.4. The molecule has 1 aromatic carbocycles. The zero-order valence-corrected chi connectivity index (χ0v) is 18.0. The number of hydrogen-bond donors (Lipinski definition) is 1. The predicted molar refractivity (Wildman–Crippen MR) is 121 cm³/mol. The number of thiocarbonyl (C=S) groups is 1. The summed E-state index contributed by atoms with van der Waals surface area (Å²) >= 11 is 6.48. The molecule has 0 bridgehead atoms. The summed E-state index contributed by atoms with van der Waals surface area (Å²) in [5.74, 6) is 0.618. The van der Waals surface area contributed by atoms with Crippen molar-refractivity contribution in [3.8, 4) is 0 Å². The standard InChI is InChI=1S/C22H26N2O3S2/c25-20(26)10-12-24-21(27)19(29-22(24)28)13-15-5-7-18(8-6-15)23-11-9-16-3-1-2-4-17(16)14-23/h5-8,13,16-17H,1-4,9-12,14H2,(H,25,26)/b19-13-/t16-,17+/m0/s1. The van der Waals surface area contributed by atoms with Gasteiger partial charge in [0.05, 0.1) is 11.3 Å². The molecule has 2 aliphatic heterocycles. The molecular weight excluding hydrogens is 404 g/mol. The van der Waals surface area contributed by atoms with E-state index in [-0.39, 0.29) is 18.9 Å². The van der Waals surface area contributed by atoms with Gasteiger partial charge < -0.3 is 10.0 Å². The molecule has 0 unspecified atom stereocenters. The molecular formula is C22H26N2O3S2. The number of benzene rings is 1. The van der Waals surface area contributed by atoms with Gasteiger partial charge in [-0.3, -0.25) is 14.5 Å². The summed E-state index contributed by atoms with van der Waals surface area (Å²) in [5, 5.41) is 8.84. The van der Waals surface area contributed by atoms with Crippen LogP contribution in [0.2, 0.25) is 0 Å². The first-order chi connectivity index (χ1) is 14.0. The summed E-state index contributed by atoms with van der Waals surface area (Å²) in [6, 6.07) is 8.37. The van der Waals surface area contributed by atoms with Crippen molar-refractivity contribution in [1.29, 1.82) is 0 Å². The van der Waals surface area contributed by atoms with E-state index >= 15 is 0 Å². The zero-order chi connectivity index (χ0) is 20.4. The fraction of sp³-hybridized carbons (Fsp3) is 0.500. The maximum atomic E-state index is 12.5. The third kappa shape index (κ3) is 4.67. The van der Waals surface area contributed by atoms with Gasteiger partial charge in [-0.05, 0) is 48.4 Å². The number of anilines is 1. The number of thioether (sulfide) groups is 1. The number of carboxylic acids is 1. The fourth-order valence-corrected chi connectivity index (χ4v) is 5.98. The second kappa shape index (κ2) is 8.88. The quantitative estimate of drug-likeness (QED) is 0.553. The number of amides is 1. The molecule has 2 atom stereocenters. The molecule has 0 aromatic heterocycles. The van der Waals surface area contributed by atoms with Crippen molar-refractivity contribution in [2.24, 2.45) is 11.8 Å². The van der Waals surface area contributed by atoms with Crippen molar-refractivity contribution in [2.45, 2.75) is 38.5 Å². The van der Waals surface area contributed by atoms with Crippen LogP contribution in [0.4, 0.5) is 5.69 Å². The molecule has 1 saturated carbocycles. The lowest BCUT2D eigenvalue weighted by atomic mass is 9.75. The molecule has 2 heterocycles. The Labute approximate surface area is 181 Å². The van der Waals surface area contributed by atoms with Gasteiger partial charge in [0.25, 0.3) is 5.91 Å². The largest absolute Gasteiger partial charge is 0.481 e. The van der Waals surface area contributed by atoms with Crippen LogP contribution in [0, 0.1) is 11.8 Å². The Kier molecular flexibility index (Phi) is 6.25. The number of carboxylic acid groups (broad SMARTS) is 1. The molecule has 2 saturated heterocycles. The molecule has 0 radical (unpaired) electrons. The van der Waals surface area contributed by atoms with Crippen LogP contribution < -0.4 is 4.90 Å². The average molecular weight is 431 g/mol. The van der Waals surface area contributed by atoms with Crippen LogP contribution in [-0.2, 0) is 9.59 Å². The lowest BCUT2D eigenvalue weighted by Crippen LogP contribution is -2.41. The average Bonchev–Trinajstić information content (AvgIpc) is 2.99. The van der Waals surface area contributed by atoms with Gasteiger partial charge >= 0.3 is 5.97 Å². The van der Waals surface area contributed by atoms with Crippen LogP contribution in [0.3, 0.4) is 0 Å². The second-order valence-corrected chi connectivity index (χ2v) is 9.78. The van der Waals surface area contributed by atoms with E-state index in [0.717, 1.165) is 30.5 Å². The van der Waals surface area contributed by atoms with Gasteiger partial charge in [0, 0.05) is 25.3 Å². The smallest absolute Gasteiger partial charge is 0.305 e. The van der Waals surface area contributed by atoms with Crippen LogP contribution in [-0.4, -0.2) is 45.8 Å². The van der Waals surface area contributed by atoms with Crippen molar-refractivity contribution in [3.05, 3.63) is 34.7 Å². The predicted octanol–water partition coefficient (Wildman–Crippen LogP) is 4.38. The Morgan fingerprint density at radius 2 is 1.90 bits per heavy atom. The van der Waals surface area contributed by atoms with Crippen LogP contribution in [0.15, 0.2) is 29.2 Å². The molecule has 154 valence electrons. The first-order valence-electron chi connectivity index (χ1n) is 10.3. The lowest BCUT2D eigenvalue weighted by molar-refractivity contribution is -0.137. The Bertz CT molecular complexity index is 837. The molecule has 1 amide bonds. The SMILES string of the molecule is O=C(O)CCN1C(=O)/C(=C/c2ccc(N3CC[C@@H]4CCCC[C@@H]4C3)cc2)SC1=S. The number of carbonyl (C=O) groups is 2. The molecule has 1 N–H and O–H groups in total. The molecule has 5 nitrogen and oxygen atoms in total. The number of hydrogen-bond acceptors (Lipinski definition) is 5. The van der Waals surface area contributed by atoms with Gasteiger partial charge in [-0.2, -0.15) is 0 Å². The molecule has 29 heavy (non-hydrogen) atoms. The molecule has 7 heteroatoms. The van der Waals surface area contributed by atoms with Crippen molar-refractivity contribution in [3.63, 3.8) is 0 Å². The normalized spacial score (nSPS) is 26.1. The van der Waals surface area contributed by atoms with E-state index in [2.05, 4.69) is 17.0 Å². The highest BCUT2D eigenvalue weighted by molar-refractivity contribution is 8.26. The summed E-state index contributed by atoms with van der Waals surface area (Å²) in [4.78, 5) is 27.7. The number of carbonyl (C=O) groups excluding carboxylic acids is 1. The molecule has 1 aromatic rings. The maximum Gasteiger partial charge on any atom is 0.305 e. The van der Waals surface area contributed by atoms with Gasteiger partial charge in [0.2, 0.25) is 0 Å². The van der Waals surface area contributed by atoms with Crippen LogP contribution in [0.5, 0.6) is 0 Å². The minimum absolute atomic E-state index is 0.105. The summed E-state index contributed by atoms with van der Waals surface area (Å²) in [6.45, 7) is 2.41. The highest BCUT2D eigenvalue weighted by Crippen LogP contribution is 2.38. The minimum atomic E-state index is -0.934. The number of fused-ring (bicyclic) bond motifs is 1. The summed E-state index contributed by atoms with van der Waals surface area (Å²) in [6.07, 6.45) is 8.58. The van der Waals surface area contributed by atoms with Gasteiger partial charge in [-0.1, -0.05) is 55.4 Å². The number of rotatable bonds is 5. The van der Waals surface area contributed by atoms with E-state index in [4.69, 9.17) is 17.3 Å². The third-order valence-electron chi connectivity index (χ3n) is 6.27. The Hall–Kier alpha value is -1.86. The summed E-state index contributed by atoms with van der Waals surface area (Å²) < 4.78 is 0.425. The van der Waals surface area contributed by atoms with Crippen molar-refractivity contribution in [2.75, 3.05) is 24.5 Å². The Balaban J connectivity index is 1.41. The van der Waals surface area contributed by atoms with Crippen LogP contribution in [0.1, 0.15) is 44.1 Å². The van der Waals surface area contributed by atoms with Crippen LogP contribution in [0.25, 0.3) is 6.08 Å². The lowest BCUT2D eigenvalue weighted by Gasteiger charge is -2.42. The number of aliphatic carboxylic acids is 1. The minimum Gasteiger partial charge on any atom is -0.481 e. The molecule has 3 fully saturated rings. The molecule has 4 rings (SSSR count). The van der Waals surface area contributed by atoms with Gasteiger partial charge in [-0.25, -0.2) is 0 Å². The number of nitrogens with zero attached hydrogens (tertiary/aromatic N) is 2. The van der Waals surface area contributed by atoms with E-state index in [0.29, 0.717) is 9.23 Å². The van der Waals surface area contributed by atoms with Crippen LogP contribution >= 0.6 is 24.0 Å². The maximum absolute atomic E-state index is 12.5. The monoisotopic (exact) mass is 430 g/mol. The van der Waals surface area contributed by atoms with E-state index in [1.54, 1.807) is 0 Å². The fourth-order valence-electron chi connectivity index (χ4n) is 4.67. The third-order valence-corrected chi connectivity index (χ3v) is 7.65. The van der Waals surface area contributed by atoms with E-state index < -0.39 is 5.97 Å². The summed E-state index contributed by atoms with van der Waals surface area (Å²) in [5.41, 5.74) is 2.21. The van der Waals surface area contributed by atoms with E-state index in [1.165, 1.54) is 54.5 Å².